The molecule has 0 fully saturated rings. The van der Waals surface area contributed by atoms with E-state index in [1.54, 1.807) is 18.6 Å². The summed E-state index contributed by atoms with van der Waals surface area (Å²) in [6.45, 7) is 0.724. The Morgan fingerprint density at radius 2 is 2.40 bits per heavy atom. The fourth-order valence-electron chi connectivity index (χ4n) is 1.37. The van der Waals surface area contributed by atoms with Crippen molar-refractivity contribution in [1.82, 2.24) is 9.55 Å². The third-order valence-electron chi connectivity index (χ3n) is 2.01. The maximum atomic E-state index is 10.1. The molecule has 0 unspecified atom stereocenters. The van der Waals surface area contributed by atoms with Crippen LogP contribution in [0.4, 0.5) is 5.69 Å². The van der Waals surface area contributed by atoms with Gasteiger partial charge in [0, 0.05) is 18.9 Å². The van der Waals surface area contributed by atoms with Gasteiger partial charge in [-0.05, 0) is 17.7 Å². The van der Waals surface area contributed by atoms with Crippen molar-refractivity contribution in [3.8, 4) is 0 Å². The van der Waals surface area contributed by atoms with Gasteiger partial charge in [0.1, 0.15) is 0 Å². The van der Waals surface area contributed by atoms with Gasteiger partial charge in [-0.1, -0.05) is 12.1 Å². The lowest BCUT2D eigenvalue weighted by Crippen LogP contribution is -1.95. The maximum absolute atomic E-state index is 10.1. The molecule has 0 aliphatic heterocycles. The van der Waals surface area contributed by atoms with Crippen LogP contribution >= 0.6 is 0 Å². The summed E-state index contributed by atoms with van der Waals surface area (Å²) < 4.78 is 1.95. The van der Waals surface area contributed by atoms with Crippen molar-refractivity contribution < 1.29 is 4.79 Å². The predicted octanol–water partition coefficient (Wildman–Crippen LogP) is 1.90. The first-order chi connectivity index (χ1) is 7.38. The molecule has 74 valence electrons. The number of rotatable bonds is 3. The van der Waals surface area contributed by atoms with E-state index in [-0.39, 0.29) is 0 Å². The van der Waals surface area contributed by atoms with Crippen LogP contribution in [-0.2, 0) is 11.3 Å². The summed E-state index contributed by atoms with van der Waals surface area (Å²) in [6, 6.07) is 7.46. The first-order valence-electron chi connectivity index (χ1n) is 4.51. The zero-order chi connectivity index (χ0) is 10.5. The second kappa shape index (κ2) is 4.35. The second-order valence-electron chi connectivity index (χ2n) is 3.11. The first-order valence-corrected chi connectivity index (χ1v) is 4.51. The number of benzene rings is 1. The summed E-state index contributed by atoms with van der Waals surface area (Å²) in [5.41, 5.74) is 1.70. The van der Waals surface area contributed by atoms with E-state index in [9.17, 15) is 4.79 Å². The van der Waals surface area contributed by atoms with Crippen LogP contribution in [0.5, 0.6) is 0 Å². The van der Waals surface area contributed by atoms with E-state index in [1.807, 2.05) is 29.0 Å². The summed E-state index contributed by atoms with van der Waals surface area (Å²) in [5.74, 6) is 0. The molecule has 1 aromatic carbocycles. The summed E-state index contributed by atoms with van der Waals surface area (Å²) >= 11 is 0. The molecule has 0 aliphatic rings. The molecule has 0 spiro atoms. The molecule has 0 N–H and O–H groups in total. The molecule has 0 atom stereocenters. The highest BCUT2D eigenvalue weighted by Gasteiger charge is 1.95. The minimum Gasteiger partial charge on any atom is -0.333 e. The molecule has 0 saturated carbocycles. The van der Waals surface area contributed by atoms with Crippen LogP contribution in [0.25, 0.3) is 0 Å². The third-order valence-corrected chi connectivity index (χ3v) is 2.01. The fourth-order valence-corrected chi connectivity index (χ4v) is 1.37. The standard InChI is InChI=1S/C11H9N3O/c15-9-13-11-3-1-2-10(6-11)7-14-5-4-12-8-14/h1-6,8H,7H2. The number of isocyanates is 1. The van der Waals surface area contributed by atoms with Gasteiger partial charge in [0.15, 0.2) is 0 Å². The van der Waals surface area contributed by atoms with Crippen LogP contribution in [-0.4, -0.2) is 15.6 Å². The lowest BCUT2D eigenvalue weighted by Gasteiger charge is -2.02. The molecule has 4 heteroatoms. The lowest BCUT2D eigenvalue weighted by molar-refractivity contribution is 0.565. The quantitative estimate of drug-likeness (QED) is 0.560. The van der Waals surface area contributed by atoms with Gasteiger partial charge in [-0.25, -0.2) is 9.78 Å². The molecule has 1 heterocycles. The Bertz CT molecular complexity index is 484. The van der Waals surface area contributed by atoms with Crippen molar-refractivity contribution in [2.24, 2.45) is 4.99 Å². The van der Waals surface area contributed by atoms with Crippen LogP contribution in [0, 0.1) is 0 Å². The summed E-state index contributed by atoms with van der Waals surface area (Å²) in [4.78, 5) is 17.6. The minimum absolute atomic E-state index is 0.627. The number of carbonyl (C=O) groups excluding carboxylic acids is 1. The van der Waals surface area contributed by atoms with Gasteiger partial charge in [0.05, 0.1) is 12.0 Å². The van der Waals surface area contributed by atoms with Gasteiger partial charge in [-0.3, -0.25) is 0 Å². The maximum Gasteiger partial charge on any atom is 0.240 e. The van der Waals surface area contributed by atoms with Gasteiger partial charge >= 0.3 is 0 Å². The molecule has 0 amide bonds. The number of aliphatic imine (C=N–C) groups is 1. The van der Waals surface area contributed by atoms with Gasteiger partial charge in [-0.2, -0.15) is 4.99 Å². The highest BCUT2D eigenvalue weighted by molar-refractivity contribution is 5.49. The number of hydrogen-bond acceptors (Lipinski definition) is 3. The molecule has 0 aliphatic carbocycles. The predicted molar refractivity (Wildman–Crippen MR) is 55.6 cm³/mol. The SMILES string of the molecule is O=C=Nc1cccc(Cn2ccnc2)c1. The van der Waals surface area contributed by atoms with Crippen molar-refractivity contribution in [1.29, 1.82) is 0 Å². The van der Waals surface area contributed by atoms with Crippen molar-refractivity contribution in [3.05, 3.63) is 48.5 Å². The Morgan fingerprint density at radius 3 is 3.13 bits per heavy atom. The smallest absolute Gasteiger partial charge is 0.240 e. The van der Waals surface area contributed by atoms with Gasteiger partial charge in [0.25, 0.3) is 0 Å². The molecule has 4 nitrogen and oxygen atoms in total. The average Bonchev–Trinajstić information content (AvgIpc) is 2.71. The van der Waals surface area contributed by atoms with E-state index >= 15 is 0 Å². The van der Waals surface area contributed by atoms with E-state index in [0.29, 0.717) is 5.69 Å². The van der Waals surface area contributed by atoms with Crippen molar-refractivity contribution >= 4 is 11.8 Å². The summed E-state index contributed by atoms with van der Waals surface area (Å²) in [5, 5.41) is 0. The number of aromatic nitrogens is 2. The summed E-state index contributed by atoms with van der Waals surface area (Å²) in [6.07, 6.45) is 6.89. The Labute approximate surface area is 86.9 Å². The van der Waals surface area contributed by atoms with E-state index in [2.05, 4.69) is 9.98 Å². The lowest BCUT2D eigenvalue weighted by atomic mass is 10.2. The van der Waals surface area contributed by atoms with Crippen LogP contribution in [0.15, 0.2) is 48.0 Å². The Hall–Kier alpha value is -2.19. The molecular weight excluding hydrogens is 190 g/mol. The van der Waals surface area contributed by atoms with E-state index < -0.39 is 0 Å². The monoisotopic (exact) mass is 199 g/mol. The van der Waals surface area contributed by atoms with E-state index in [1.165, 1.54) is 6.08 Å². The zero-order valence-corrected chi connectivity index (χ0v) is 8.00. The molecule has 2 aromatic rings. The topological polar surface area (TPSA) is 47.2 Å². The molecule has 0 saturated heterocycles. The molecule has 0 bridgehead atoms. The van der Waals surface area contributed by atoms with Crippen molar-refractivity contribution in [3.63, 3.8) is 0 Å². The highest BCUT2D eigenvalue weighted by atomic mass is 16.1. The van der Waals surface area contributed by atoms with Gasteiger partial charge < -0.3 is 4.57 Å². The van der Waals surface area contributed by atoms with Crippen LogP contribution in [0.3, 0.4) is 0 Å². The Balaban J connectivity index is 2.22. The minimum atomic E-state index is 0.627. The van der Waals surface area contributed by atoms with Gasteiger partial charge in [0.2, 0.25) is 6.08 Å². The fraction of sp³-hybridized carbons (Fsp3) is 0.0909. The Morgan fingerprint density at radius 1 is 1.47 bits per heavy atom. The van der Waals surface area contributed by atoms with Gasteiger partial charge in [-0.15, -0.1) is 0 Å². The molecule has 0 radical (unpaired) electrons. The number of hydrogen-bond donors (Lipinski definition) is 0. The number of imidazole rings is 1. The average molecular weight is 199 g/mol. The third kappa shape index (κ3) is 2.39. The van der Waals surface area contributed by atoms with Crippen LogP contribution in [0.2, 0.25) is 0 Å². The molecule has 2 rings (SSSR count). The zero-order valence-electron chi connectivity index (χ0n) is 8.00. The summed E-state index contributed by atoms with van der Waals surface area (Å²) in [7, 11) is 0. The first kappa shape index (κ1) is 9.37. The molecular formula is C11H9N3O. The largest absolute Gasteiger partial charge is 0.333 e. The van der Waals surface area contributed by atoms with E-state index in [0.717, 1.165) is 12.1 Å². The normalized spacial score (nSPS) is 9.60. The van der Waals surface area contributed by atoms with Crippen LogP contribution in [0.1, 0.15) is 5.56 Å². The van der Waals surface area contributed by atoms with E-state index in [4.69, 9.17) is 0 Å². The molecule has 15 heavy (non-hydrogen) atoms. The second-order valence-corrected chi connectivity index (χ2v) is 3.11. The number of nitrogens with zero attached hydrogens (tertiary/aromatic N) is 3. The van der Waals surface area contributed by atoms with Crippen molar-refractivity contribution in [2.75, 3.05) is 0 Å². The molecule has 1 aromatic heterocycles. The van der Waals surface area contributed by atoms with Crippen molar-refractivity contribution in [2.45, 2.75) is 6.54 Å². The van der Waals surface area contributed by atoms with Crippen LogP contribution < -0.4 is 0 Å². The Kier molecular flexibility index (Phi) is 2.72. The highest BCUT2D eigenvalue weighted by Crippen LogP contribution is 2.14.